The highest BCUT2D eigenvalue weighted by Gasteiger charge is 1.95. The normalized spacial score (nSPS) is 10.2. The average molecular weight is 159 g/mol. The van der Waals surface area contributed by atoms with Gasteiger partial charge >= 0.3 is 0 Å². The SMILES string of the molecule is CCNCc1ccc(F)s1. The van der Waals surface area contributed by atoms with E-state index >= 15 is 0 Å². The topological polar surface area (TPSA) is 12.0 Å². The van der Waals surface area contributed by atoms with Crippen LogP contribution in [0.1, 0.15) is 11.8 Å². The second kappa shape index (κ2) is 3.68. The summed E-state index contributed by atoms with van der Waals surface area (Å²) in [6.07, 6.45) is 0. The molecule has 0 radical (unpaired) electrons. The fraction of sp³-hybridized carbons (Fsp3) is 0.429. The molecule has 0 unspecified atom stereocenters. The summed E-state index contributed by atoms with van der Waals surface area (Å²) in [6.45, 7) is 3.74. The maximum Gasteiger partial charge on any atom is 0.176 e. The van der Waals surface area contributed by atoms with E-state index in [1.54, 1.807) is 0 Å². The molecular formula is C7H10FNS. The third kappa shape index (κ3) is 2.08. The summed E-state index contributed by atoms with van der Waals surface area (Å²) in [7, 11) is 0. The lowest BCUT2D eigenvalue weighted by Gasteiger charge is -1.94. The van der Waals surface area contributed by atoms with Gasteiger partial charge in [0.15, 0.2) is 5.13 Å². The Hall–Kier alpha value is -0.410. The summed E-state index contributed by atoms with van der Waals surface area (Å²) >= 11 is 1.20. The van der Waals surface area contributed by atoms with E-state index in [4.69, 9.17) is 0 Å². The van der Waals surface area contributed by atoms with Crippen molar-refractivity contribution in [2.45, 2.75) is 13.5 Å². The molecule has 0 amide bonds. The Kier molecular flexibility index (Phi) is 2.83. The van der Waals surface area contributed by atoms with Gasteiger partial charge in [-0.1, -0.05) is 6.92 Å². The lowest BCUT2D eigenvalue weighted by molar-refractivity contribution is 0.657. The third-order valence-corrected chi connectivity index (χ3v) is 2.05. The molecule has 1 aromatic rings. The molecule has 0 bridgehead atoms. The van der Waals surface area contributed by atoms with Crippen molar-refractivity contribution in [3.8, 4) is 0 Å². The minimum absolute atomic E-state index is 0.104. The molecule has 0 spiro atoms. The number of thiophene rings is 1. The minimum atomic E-state index is -0.104. The maximum absolute atomic E-state index is 12.3. The fourth-order valence-corrected chi connectivity index (χ4v) is 1.39. The van der Waals surface area contributed by atoms with Gasteiger partial charge in [0.2, 0.25) is 0 Å². The van der Waals surface area contributed by atoms with Gasteiger partial charge in [0.05, 0.1) is 0 Å². The Morgan fingerprint density at radius 2 is 2.40 bits per heavy atom. The monoisotopic (exact) mass is 159 g/mol. The molecule has 1 aromatic heterocycles. The van der Waals surface area contributed by atoms with Gasteiger partial charge in [-0.25, -0.2) is 0 Å². The largest absolute Gasteiger partial charge is 0.312 e. The zero-order valence-electron chi connectivity index (χ0n) is 5.86. The molecule has 0 aliphatic heterocycles. The minimum Gasteiger partial charge on any atom is -0.312 e. The first-order chi connectivity index (χ1) is 4.83. The molecule has 10 heavy (non-hydrogen) atoms. The van der Waals surface area contributed by atoms with Crippen LogP contribution in [0, 0.1) is 5.13 Å². The first kappa shape index (κ1) is 7.69. The first-order valence-corrected chi connectivity index (χ1v) is 4.09. The van der Waals surface area contributed by atoms with Crippen molar-refractivity contribution in [1.29, 1.82) is 0 Å². The number of hydrogen-bond donors (Lipinski definition) is 1. The summed E-state index contributed by atoms with van der Waals surface area (Å²) in [5.74, 6) is 0. The van der Waals surface area contributed by atoms with Gasteiger partial charge in [0, 0.05) is 11.4 Å². The van der Waals surface area contributed by atoms with E-state index in [1.807, 2.05) is 13.0 Å². The van der Waals surface area contributed by atoms with Crippen LogP contribution in [-0.4, -0.2) is 6.54 Å². The lowest BCUT2D eigenvalue weighted by atomic mass is 10.4. The Morgan fingerprint density at radius 3 is 2.90 bits per heavy atom. The van der Waals surface area contributed by atoms with Crippen LogP contribution in [0.5, 0.6) is 0 Å². The van der Waals surface area contributed by atoms with Crippen molar-refractivity contribution in [3.05, 3.63) is 22.1 Å². The number of rotatable bonds is 3. The molecule has 56 valence electrons. The van der Waals surface area contributed by atoms with E-state index in [9.17, 15) is 4.39 Å². The van der Waals surface area contributed by atoms with Crippen molar-refractivity contribution in [3.63, 3.8) is 0 Å². The van der Waals surface area contributed by atoms with Gasteiger partial charge < -0.3 is 5.32 Å². The highest BCUT2D eigenvalue weighted by molar-refractivity contribution is 7.10. The van der Waals surface area contributed by atoms with Gasteiger partial charge in [0.25, 0.3) is 0 Å². The predicted molar refractivity (Wildman–Crippen MR) is 41.7 cm³/mol. The molecule has 0 atom stereocenters. The summed E-state index contributed by atoms with van der Waals surface area (Å²) in [6, 6.07) is 3.31. The Labute approximate surface area is 63.9 Å². The smallest absolute Gasteiger partial charge is 0.176 e. The second-order valence-electron chi connectivity index (χ2n) is 1.99. The zero-order chi connectivity index (χ0) is 7.40. The van der Waals surface area contributed by atoms with Crippen molar-refractivity contribution in [1.82, 2.24) is 5.32 Å². The summed E-state index contributed by atoms with van der Waals surface area (Å²) in [5, 5.41) is 3.02. The van der Waals surface area contributed by atoms with Crippen molar-refractivity contribution in [2.75, 3.05) is 6.54 Å². The highest BCUT2D eigenvalue weighted by atomic mass is 32.1. The molecule has 0 aromatic carbocycles. The van der Waals surface area contributed by atoms with Gasteiger partial charge in [0.1, 0.15) is 0 Å². The molecule has 0 saturated carbocycles. The van der Waals surface area contributed by atoms with E-state index < -0.39 is 0 Å². The van der Waals surface area contributed by atoms with E-state index in [-0.39, 0.29) is 5.13 Å². The summed E-state index contributed by atoms with van der Waals surface area (Å²) < 4.78 is 12.3. The standard InChI is InChI=1S/C7H10FNS/c1-2-9-5-6-3-4-7(8)10-6/h3-4,9H,2,5H2,1H3. The molecule has 1 N–H and O–H groups in total. The van der Waals surface area contributed by atoms with Crippen LogP contribution in [0.3, 0.4) is 0 Å². The van der Waals surface area contributed by atoms with Gasteiger partial charge in [-0.3, -0.25) is 0 Å². The molecule has 3 heteroatoms. The molecule has 1 heterocycles. The molecule has 0 aliphatic rings. The molecule has 0 saturated heterocycles. The summed E-state index contributed by atoms with van der Waals surface area (Å²) in [4.78, 5) is 1.05. The van der Waals surface area contributed by atoms with E-state index in [0.717, 1.165) is 18.0 Å². The van der Waals surface area contributed by atoms with Crippen LogP contribution >= 0.6 is 11.3 Å². The second-order valence-corrected chi connectivity index (χ2v) is 3.10. The zero-order valence-corrected chi connectivity index (χ0v) is 6.67. The van der Waals surface area contributed by atoms with Crippen molar-refractivity contribution >= 4 is 11.3 Å². The fourth-order valence-electron chi connectivity index (χ4n) is 0.695. The Balaban J connectivity index is 2.42. The van der Waals surface area contributed by atoms with Gasteiger partial charge in [-0.15, -0.1) is 11.3 Å². The van der Waals surface area contributed by atoms with Crippen LogP contribution in [0.4, 0.5) is 4.39 Å². The van der Waals surface area contributed by atoms with Gasteiger partial charge in [-0.2, -0.15) is 4.39 Å². The van der Waals surface area contributed by atoms with Crippen molar-refractivity contribution < 1.29 is 4.39 Å². The van der Waals surface area contributed by atoms with Crippen LogP contribution in [-0.2, 0) is 6.54 Å². The van der Waals surface area contributed by atoms with Crippen molar-refractivity contribution in [2.24, 2.45) is 0 Å². The number of nitrogens with one attached hydrogen (secondary N) is 1. The average Bonchev–Trinajstić information content (AvgIpc) is 2.31. The van der Waals surface area contributed by atoms with Crippen LogP contribution in [0.25, 0.3) is 0 Å². The lowest BCUT2D eigenvalue weighted by Crippen LogP contribution is -2.10. The quantitative estimate of drug-likeness (QED) is 0.711. The van der Waals surface area contributed by atoms with Crippen LogP contribution < -0.4 is 5.32 Å². The number of halogens is 1. The van der Waals surface area contributed by atoms with E-state index in [2.05, 4.69) is 5.32 Å². The maximum atomic E-state index is 12.3. The number of hydrogen-bond acceptors (Lipinski definition) is 2. The van der Waals surface area contributed by atoms with E-state index in [1.165, 1.54) is 17.4 Å². The van der Waals surface area contributed by atoms with Gasteiger partial charge in [-0.05, 0) is 18.7 Å². The molecule has 1 nitrogen and oxygen atoms in total. The first-order valence-electron chi connectivity index (χ1n) is 3.28. The van der Waals surface area contributed by atoms with Crippen LogP contribution in [0.15, 0.2) is 12.1 Å². The molecular weight excluding hydrogens is 149 g/mol. The molecule has 0 fully saturated rings. The summed E-state index contributed by atoms with van der Waals surface area (Å²) in [5.41, 5.74) is 0. The third-order valence-electron chi connectivity index (χ3n) is 1.18. The van der Waals surface area contributed by atoms with Crippen LogP contribution in [0.2, 0.25) is 0 Å². The van der Waals surface area contributed by atoms with E-state index in [0.29, 0.717) is 0 Å². The Morgan fingerprint density at radius 1 is 1.60 bits per heavy atom. The molecule has 0 aliphatic carbocycles. The molecule has 1 rings (SSSR count). The predicted octanol–water partition coefficient (Wildman–Crippen LogP) is 2.00. The highest BCUT2D eigenvalue weighted by Crippen LogP contribution is 2.13. The Bertz CT molecular complexity index is 197.